The van der Waals surface area contributed by atoms with Gasteiger partial charge in [0, 0.05) is 21.3 Å². The first-order valence-corrected chi connectivity index (χ1v) is 6.95. The first-order valence-electron chi connectivity index (χ1n) is 6.13. The number of para-hydroxylation sites is 1. The summed E-state index contributed by atoms with van der Waals surface area (Å²) in [4.78, 5) is 17.8. The molecule has 2 N–H and O–H groups in total. The van der Waals surface area contributed by atoms with Gasteiger partial charge in [0.25, 0.3) is 5.91 Å². The van der Waals surface area contributed by atoms with Gasteiger partial charge in [-0.25, -0.2) is 0 Å². The van der Waals surface area contributed by atoms with Crippen LogP contribution in [0.2, 0.25) is 0 Å². The van der Waals surface area contributed by atoms with Crippen LogP contribution in [0.4, 0.5) is 0 Å². The zero-order valence-corrected chi connectivity index (χ0v) is 11.4. The SMILES string of the molecule is Cc1ccc(CNC(=O)c2cccc3cc[nH]c23)s1. The van der Waals surface area contributed by atoms with E-state index in [9.17, 15) is 4.79 Å². The number of hydrogen-bond acceptors (Lipinski definition) is 2. The minimum Gasteiger partial charge on any atom is -0.361 e. The van der Waals surface area contributed by atoms with Crippen LogP contribution in [0.3, 0.4) is 0 Å². The van der Waals surface area contributed by atoms with Crippen molar-refractivity contribution in [3.8, 4) is 0 Å². The lowest BCUT2D eigenvalue weighted by Crippen LogP contribution is -2.22. The van der Waals surface area contributed by atoms with Gasteiger partial charge in [0.05, 0.1) is 17.6 Å². The van der Waals surface area contributed by atoms with Crippen LogP contribution in [0.15, 0.2) is 42.6 Å². The molecule has 0 unspecified atom stereocenters. The predicted octanol–water partition coefficient (Wildman–Crippen LogP) is 3.47. The van der Waals surface area contributed by atoms with Crippen molar-refractivity contribution >= 4 is 28.1 Å². The van der Waals surface area contributed by atoms with E-state index in [0.29, 0.717) is 12.1 Å². The molecule has 0 saturated carbocycles. The van der Waals surface area contributed by atoms with Gasteiger partial charge in [0.1, 0.15) is 0 Å². The van der Waals surface area contributed by atoms with Gasteiger partial charge in [0.2, 0.25) is 0 Å². The summed E-state index contributed by atoms with van der Waals surface area (Å²) in [7, 11) is 0. The molecule has 1 aromatic carbocycles. The van der Waals surface area contributed by atoms with Crippen molar-refractivity contribution in [2.75, 3.05) is 0 Å². The molecule has 2 heterocycles. The molecule has 4 heteroatoms. The predicted molar refractivity (Wildman–Crippen MR) is 78.5 cm³/mol. The van der Waals surface area contributed by atoms with E-state index in [2.05, 4.69) is 29.4 Å². The molecule has 0 spiro atoms. The monoisotopic (exact) mass is 270 g/mol. The van der Waals surface area contributed by atoms with E-state index in [0.717, 1.165) is 10.9 Å². The number of aromatic amines is 1. The van der Waals surface area contributed by atoms with Crippen molar-refractivity contribution in [2.45, 2.75) is 13.5 Å². The molecule has 0 saturated heterocycles. The number of amides is 1. The number of aromatic nitrogens is 1. The molecule has 96 valence electrons. The maximum absolute atomic E-state index is 12.2. The number of thiophene rings is 1. The largest absolute Gasteiger partial charge is 0.361 e. The summed E-state index contributed by atoms with van der Waals surface area (Å²) >= 11 is 1.71. The minimum absolute atomic E-state index is 0.0425. The molecule has 19 heavy (non-hydrogen) atoms. The Labute approximate surface area is 115 Å². The number of hydrogen-bond donors (Lipinski definition) is 2. The molecule has 1 amide bonds. The third-order valence-corrected chi connectivity index (χ3v) is 4.05. The molecule has 0 aliphatic heterocycles. The molecule has 0 fully saturated rings. The van der Waals surface area contributed by atoms with Crippen molar-refractivity contribution in [3.05, 3.63) is 57.9 Å². The number of fused-ring (bicyclic) bond motifs is 1. The van der Waals surface area contributed by atoms with Crippen LogP contribution >= 0.6 is 11.3 Å². The number of aryl methyl sites for hydroxylation is 1. The molecule has 0 aliphatic rings. The Bertz CT molecular complexity index is 726. The Morgan fingerprint density at radius 3 is 2.95 bits per heavy atom. The molecule has 0 bridgehead atoms. The van der Waals surface area contributed by atoms with Gasteiger partial charge in [-0.05, 0) is 31.2 Å². The minimum atomic E-state index is -0.0425. The third-order valence-electron chi connectivity index (χ3n) is 3.05. The van der Waals surface area contributed by atoms with Gasteiger partial charge in [-0.15, -0.1) is 11.3 Å². The maximum Gasteiger partial charge on any atom is 0.253 e. The van der Waals surface area contributed by atoms with E-state index in [1.807, 2.05) is 30.5 Å². The summed E-state index contributed by atoms with van der Waals surface area (Å²) in [6.07, 6.45) is 1.85. The molecule has 2 aromatic heterocycles. The zero-order chi connectivity index (χ0) is 13.2. The van der Waals surface area contributed by atoms with Gasteiger partial charge in [-0.3, -0.25) is 4.79 Å². The highest BCUT2D eigenvalue weighted by Gasteiger charge is 2.10. The van der Waals surface area contributed by atoms with Gasteiger partial charge < -0.3 is 10.3 Å². The Morgan fingerprint density at radius 1 is 1.26 bits per heavy atom. The molecule has 3 nitrogen and oxygen atoms in total. The first-order chi connectivity index (χ1) is 9.24. The highest BCUT2D eigenvalue weighted by molar-refractivity contribution is 7.11. The fraction of sp³-hybridized carbons (Fsp3) is 0.133. The summed E-state index contributed by atoms with van der Waals surface area (Å²) < 4.78 is 0. The first kappa shape index (κ1) is 12.0. The van der Waals surface area contributed by atoms with E-state index in [4.69, 9.17) is 0 Å². The standard InChI is InChI=1S/C15H14N2OS/c1-10-5-6-12(19-10)9-17-15(18)13-4-2-3-11-7-8-16-14(11)13/h2-8,16H,9H2,1H3,(H,17,18). The summed E-state index contributed by atoms with van der Waals surface area (Å²) in [5.41, 5.74) is 1.58. The van der Waals surface area contributed by atoms with E-state index >= 15 is 0 Å². The van der Waals surface area contributed by atoms with Gasteiger partial charge in [-0.2, -0.15) is 0 Å². The highest BCUT2D eigenvalue weighted by atomic mass is 32.1. The molecular formula is C15H14N2OS. The Morgan fingerprint density at radius 2 is 2.16 bits per heavy atom. The second-order valence-electron chi connectivity index (χ2n) is 4.44. The van der Waals surface area contributed by atoms with Crippen molar-refractivity contribution < 1.29 is 4.79 Å². The lowest BCUT2D eigenvalue weighted by atomic mass is 10.1. The van der Waals surface area contributed by atoms with Crippen LogP contribution in [0.5, 0.6) is 0 Å². The topological polar surface area (TPSA) is 44.9 Å². The molecule has 3 rings (SSSR count). The number of H-pyrrole nitrogens is 1. The Kier molecular flexibility index (Phi) is 3.09. The summed E-state index contributed by atoms with van der Waals surface area (Å²) in [5.74, 6) is -0.0425. The van der Waals surface area contributed by atoms with Crippen LogP contribution in [0, 0.1) is 6.92 Å². The van der Waals surface area contributed by atoms with E-state index in [1.54, 1.807) is 11.3 Å². The van der Waals surface area contributed by atoms with Gasteiger partial charge in [0.15, 0.2) is 0 Å². The summed E-state index contributed by atoms with van der Waals surface area (Å²) in [5, 5.41) is 4.02. The molecule has 3 aromatic rings. The van der Waals surface area contributed by atoms with Crippen LogP contribution in [0.25, 0.3) is 10.9 Å². The second kappa shape index (κ2) is 4.90. The van der Waals surface area contributed by atoms with E-state index in [-0.39, 0.29) is 5.91 Å². The number of benzene rings is 1. The quantitative estimate of drug-likeness (QED) is 0.752. The lowest BCUT2D eigenvalue weighted by Gasteiger charge is -2.05. The van der Waals surface area contributed by atoms with Gasteiger partial charge >= 0.3 is 0 Å². The number of nitrogens with one attached hydrogen (secondary N) is 2. The average molecular weight is 270 g/mol. The van der Waals surface area contributed by atoms with Crippen LogP contribution < -0.4 is 5.32 Å². The third kappa shape index (κ3) is 2.39. The average Bonchev–Trinajstić information content (AvgIpc) is 3.03. The van der Waals surface area contributed by atoms with E-state index in [1.165, 1.54) is 9.75 Å². The normalized spacial score (nSPS) is 10.8. The molecular weight excluding hydrogens is 256 g/mol. The Balaban J connectivity index is 1.78. The number of carbonyl (C=O) groups excluding carboxylic acids is 1. The Hall–Kier alpha value is -2.07. The van der Waals surface area contributed by atoms with Crippen molar-refractivity contribution in [2.24, 2.45) is 0 Å². The van der Waals surface area contributed by atoms with Crippen molar-refractivity contribution in [3.63, 3.8) is 0 Å². The smallest absolute Gasteiger partial charge is 0.253 e. The fourth-order valence-corrected chi connectivity index (χ4v) is 2.95. The van der Waals surface area contributed by atoms with Crippen molar-refractivity contribution in [1.82, 2.24) is 10.3 Å². The molecule has 0 radical (unpaired) electrons. The van der Waals surface area contributed by atoms with Crippen LogP contribution in [0.1, 0.15) is 20.1 Å². The molecule has 0 atom stereocenters. The summed E-state index contributed by atoms with van der Waals surface area (Å²) in [6, 6.07) is 11.8. The van der Waals surface area contributed by atoms with Crippen LogP contribution in [-0.2, 0) is 6.54 Å². The second-order valence-corrected chi connectivity index (χ2v) is 5.81. The zero-order valence-electron chi connectivity index (χ0n) is 10.6. The van der Waals surface area contributed by atoms with Crippen molar-refractivity contribution in [1.29, 1.82) is 0 Å². The highest BCUT2D eigenvalue weighted by Crippen LogP contribution is 2.18. The van der Waals surface area contributed by atoms with Crippen LogP contribution in [-0.4, -0.2) is 10.9 Å². The molecule has 0 aliphatic carbocycles. The summed E-state index contributed by atoms with van der Waals surface area (Å²) in [6.45, 7) is 2.64. The maximum atomic E-state index is 12.2. The lowest BCUT2D eigenvalue weighted by molar-refractivity contribution is 0.0953. The number of rotatable bonds is 3. The van der Waals surface area contributed by atoms with Gasteiger partial charge in [-0.1, -0.05) is 12.1 Å². The van der Waals surface area contributed by atoms with E-state index < -0.39 is 0 Å². The number of carbonyl (C=O) groups is 1. The fourth-order valence-electron chi connectivity index (χ4n) is 2.12.